The Labute approximate surface area is 125 Å². The molecule has 2 atom stereocenters. The van der Waals surface area contributed by atoms with E-state index in [0.29, 0.717) is 12.1 Å². The Morgan fingerprint density at radius 1 is 1.35 bits per heavy atom. The molecule has 1 aliphatic heterocycles. The molecule has 3 rings (SSSR count). The number of nitrogens with one attached hydrogen (secondary N) is 1. The number of thiophene rings is 1. The average molecular weight is 288 g/mol. The summed E-state index contributed by atoms with van der Waals surface area (Å²) < 4.78 is 1.41. The summed E-state index contributed by atoms with van der Waals surface area (Å²) in [7, 11) is 0. The molecule has 2 heterocycles. The normalized spacial score (nSPS) is 24.3. The maximum absolute atomic E-state index is 3.62. The Morgan fingerprint density at radius 3 is 3.05 bits per heavy atom. The van der Waals surface area contributed by atoms with Gasteiger partial charge in [0.25, 0.3) is 0 Å². The first kappa shape index (κ1) is 14.1. The van der Waals surface area contributed by atoms with Gasteiger partial charge in [-0.15, -0.1) is 11.3 Å². The Morgan fingerprint density at radius 2 is 2.20 bits per heavy atom. The van der Waals surface area contributed by atoms with Crippen LogP contribution in [0.5, 0.6) is 0 Å². The van der Waals surface area contributed by atoms with Gasteiger partial charge in [0, 0.05) is 36.4 Å². The second-order valence-corrected chi connectivity index (χ2v) is 6.85. The lowest BCUT2D eigenvalue weighted by Gasteiger charge is -2.39. The van der Waals surface area contributed by atoms with E-state index in [0.717, 1.165) is 19.6 Å². The molecule has 108 valence electrons. The van der Waals surface area contributed by atoms with Crippen LogP contribution in [0.2, 0.25) is 0 Å². The minimum atomic E-state index is 0.605. The van der Waals surface area contributed by atoms with Crippen LogP contribution < -0.4 is 5.32 Å². The van der Waals surface area contributed by atoms with Crippen molar-refractivity contribution in [1.82, 2.24) is 10.2 Å². The molecule has 1 saturated heterocycles. The predicted molar refractivity (Wildman–Crippen MR) is 88.4 cm³/mol. The number of piperazine rings is 1. The molecule has 1 fully saturated rings. The molecule has 0 radical (unpaired) electrons. The molecular formula is C17H24N2S. The summed E-state index contributed by atoms with van der Waals surface area (Å²) in [6.07, 6.45) is 2.56. The summed E-state index contributed by atoms with van der Waals surface area (Å²) in [6.45, 7) is 7.98. The van der Waals surface area contributed by atoms with Gasteiger partial charge in [-0.2, -0.15) is 0 Å². The summed E-state index contributed by atoms with van der Waals surface area (Å²) in [5, 5.41) is 7.42. The second-order valence-electron chi connectivity index (χ2n) is 5.94. The van der Waals surface area contributed by atoms with Crippen LogP contribution in [0.25, 0.3) is 10.1 Å². The van der Waals surface area contributed by atoms with E-state index in [1.807, 2.05) is 11.3 Å². The molecule has 1 aliphatic rings. The van der Waals surface area contributed by atoms with Gasteiger partial charge in [-0.3, -0.25) is 4.90 Å². The molecule has 0 bridgehead atoms. The highest BCUT2D eigenvalue weighted by molar-refractivity contribution is 7.17. The van der Waals surface area contributed by atoms with Crippen molar-refractivity contribution in [3.05, 3.63) is 35.2 Å². The highest BCUT2D eigenvalue weighted by atomic mass is 32.1. The van der Waals surface area contributed by atoms with Gasteiger partial charge in [-0.25, -0.2) is 0 Å². The van der Waals surface area contributed by atoms with Gasteiger partial charge in [0.2, 0.25) is 0 Å². The van der Waals surface area contributed by atoms with Gasteiger partial charge in [0.1, 0.15) is 0 Å². The first-order chi connectivity index (χ1) is 9.78. The van der Waals surface area contributed by atoms with Crippen LogP contribution in [0, 0.1) is 0 Å². The zero-order valence-electron chi connectivity index (χ0n) is 12.4. The lowest BCUT2D eigenvalue weighted by molar-refractivity contribution is 0.120. The van der Waals surface area contributed by atoms with Crippen molar-refractivity contribution in [1.29, 1.82) is 0 Å². The van der Waals surface area contributed by atoms with Gasteiger partial charge in [0.05, 0.1) is 0 Å². The first-order valence-electron chi connectivity index (χ1n) is 7.70. The molecule has 0 aliphatic carbocycles. The highest BCUT2D eigenvalue weighted by Gasteiger charge is 2.25. The largest absolute Gasteiger partial charge is 0.311 e. The van der Waals surface area contributed by atoms with E-state index < -0.39 is 0 Å². The lowest BCUT2D eigenvalue weighted by Crippen LogP contribution is -2.54. The van der Waals surface area contributed by atoms with E-state index in [4.69, 9.17) is 0 Å². The Bertz CT molecular complexity index is 563. The van der Waals surface area contributed by atoms with Crippen molar-refractivity contribution >= 4 is 21.4 Å². The van der Waals surface area contributed by atoms with Crippen LogP contribution in [-0.4, -0.2) is 30.1 Å². The van der Waals surface area contributed by atoms with Crippen molar-refractivity contribution in [3.8, 4) is 0 Å². The third kappa shape index (κ3) is 2.90. The van der Waals surface area contributed by atoms with Gasteiger partial charge in [-0.1, -0.05) is 31.5 Å². The lowest BCUT2D eigenvalue weighted by atomic mass is 10.0. The first-order valence-corrected chi connectivity index (χ1v) is 8.58. The fourth-order valence-electron chi connectivity index (χ4n) is 3.22. The van der Waals surface area contributed by atoms with Crippen LogP contribution in [-0.2, 0) is 6.54 Å². The average Bonchev–Trinajstić information content (AvgIpc) is 2.86. The van der Waals surface area contributed by atoms with E-state index in [2.05, 4.69) is 53.7 Å². The number of benzene rings is 1. The van der Waals surface area contributed by atoms with Crippen LogP contribution in [0.4, 0.5) is 0 Å². The SMILES string of the molecule is CCCC1CNC(C)CN1Cc1csc2ccccc12. The third-order valence-electron chi connectivity index (χ3n) is 4.28. The van der Waals surface area contributed by atoms with E-state index in [1.165, 1.54) is 28.5 Å². The fraction of sp³-hybridized carbons (Fsp3) is 0.529. The molecule has 0 saturated carbocycles. The molecular weight excluding hydrogens is 264 g/mol. The van der Waals surface area contributed by atoms with E-state index in [-0.39, 0.29) is 0 Å². The van der Waals surface area contributed by atoms with Crippen molar-refractivity contribution in [2.75, 3.05) is 13.1 Å². The fourth-order valence-corrected chi connectivity index (χ4v) is 4.17. The standard InChI is InChI=1S/C17H24N2S/c1-3-6-15-9-18-13(2)10-19(15)11-14-12-20-17-8-5-4-7-16(14)17/h4-5,7-8,12-13,15,18H,3,6,9-11H2,1-2H3. The Balaban J connectivity index is 1.80. The third-order valence-corrected chi connectivity index (χ3v) is 5.30. The molecule has 20 heavy (non-hydrogen) atoms. The molecule has 1 aromatic heterocycles. The zero-order valence-corrected chi connectivity index (χ0v) is 13.2. The summed E-state index contributed by atoms with van der Waals surface area (Å²) in [5.41, 5.74) is 1.50. The quantitative estimate of drug-likeness (QED) is 0.919. The van der Waals surface area contributed by atoms with E-state index in [9.17, 15) is 0 Å². The van der Waals surface area contributed by atoms with Gasteiger partial charge >= 0.3 is 0 Å². The number of rotatable bonds is 4. The molecule has 1 N–H and O–H groups in total. The van der Waals surface area contributed by atoms with Gasteiger partial charge in [-0.05, 0) is 35.7 Å². The molecule has 2 unspecified atom stereocenters. The maximum atomic E-state index is 3.62. The molecule has 2 aromatic rings. The van der Waals surface area contributed by atoms with Crippen LogP contribution in [0.15, 0.2) is 29.6 Å². The van der Waals surface area contributed by atoms with Crippen molar-refractivity contribution in [3.63, 3.8) is 0 Å². The topological polar surface area (TPSA) is 15.3 Å². The zero-order chi connectivity index (χ0) is 13.9. The predicted octanol–water partition coefficient (Wildman–Crippen LogP) is 3.86. The van der Waals surface area contributed by atoms with Crippen molar-refractivity contribution < 1.29 is 0 Å². The number of hydrogen-bond donors (Lipinski definition) is 1. The number of nitrogens with zero attached hydrogens (tertiary/aromatic N) is 1. The second kappa shape index (κ2) is 6.25. The summed E-state index contributed by atoms with van der Waals surface area (Å²) in [5.74, 6) is 0. The Hall–Kier alpha value is -0.900. The summed E-state index contributed by atoms with van der Waals surface area (Å²) in [4.78, 5) is 2.68. The molecule has 2 nitrogen and oxygen atoms in total. The Kier molecular flexibility index (Phi) is 4.39. The number of hydrogen-bond acceptors (Lipinski definition) is 3. The van der Waals surface area contributed by atoms with Crippen LogP contribution in [0.3, 0.4) is 0 Å². The van der Waals surface area contributed by atoms with Crippen LogP contribution in [0.1, 0.15) is 32.3 Å². The molecule has 0 spiro atoms. The number of fused-ring (bicyclic) bond motifs is 1. The monoisotopic (exact) mass is 288 g/mol. The molecule has 1 aromatic carbocycles. The minimum Gasteiger partial charge on any atom is -0.311 e. The summed E-state index contributed by atoms with van der Waals surface area (Å²) in [6, 6.07) is 10.1. The summed E-state index contributed by atoms with van der Waals surface area (Å²) >= 11 is 1.88. The molecule has 3 heteroatoms. The minimum absolute atomic E-state index is 0.605. The van der Waals surface area contributed by atoms with E-state index in [1.54, 1.807) is 0 Å². The van der Waals surface area contributed by atoms with Crippen molar-refractivity contribution in [2.24, 2.45) is 0 Å². The highest BCUT2D eigenvalue weighted by Crippen LogP contribution is 2.28. The van der Waals surface area contributed by atoms with Gasteiger partial charge < -0.3 is 5.32 Å². The van der Waals surface area contributed by atoms with Gasteiger partial charge in [0.15, 0.2) is 0 Å². The van der Waals surface area contributed by atoms with E-state index >= 15 is 0 Å². The van der Waals surface area contributed by atoms with Crippen LogP contribution >= 0.6 is 11.3 Å². The van der Waals surface area contributed by atoms with Crippen molar-refractivity contribution in [2.45, 2.75) is 45.3 Å². The smallest absolute Gasteiger partial charge is 0.0346 e. The molecule has 0 amide bonds. The maximum Gasteiger partial charge on any atom is 0.0346 e.